The normalized spacial score (nSPS) is 14.3. The van der Waals surface area contributed by atoms with Gasteiger partial charge in [-0.25, -0.2) is 4.39 Å². The molecule has 0 aliphatic rings. The summed E-state index contributed by atoms with van der Waals surface area (Å²) in [6.45, 7) is 2.25. The Morgan fingerprint density at radius 1 is 1.47 bits per heavy atom. The third-order valence-electron chi connectivity index (χ3n) is 2.98. The molecular formula is C13H17FN4O. The van der Waals surface area contributed by atoms with E-state index in [1.165, 1.54) is 12.1 Å². The summed E-state index contributed by atoms with van der Waals surface area (Å²) in [7, 11) is 1.86. The molecule has 0 amide bonds. The Kier molecular flexibility index (Phi) is 4.24. The van der Waals surface area contributed by atoms with E-state index in [1.54, 1.807) is 18.5 Å². The second-order valence-electron chi connectivity index (χ2n) is 4.50. The molecule has 2 unspecified atom stereocenters. The molecule has 0 fully saturated rings. The molecule has 1 aromatic heterocycles. The molecule has 0 bridgehead atoms. The number of hydrogen-bond donors (Lipinski definition) is 2. The Labute approximate surface area is 111 Å². The Hall–Kier alpha value is -1.79. The monoisotopic (exact) mass is 264 g/mol. The minimum absolute atomic E-state index is 0.0456. The number of rotatable bonds is 5. The van der Waals surface area contributed by atoms with Gasteiger partial charge >= 0.3 is 0 Å². The van der Waals surface area contributed by atoms with Crippen LogP contribution in [0.5, 0.6) is 0 Å². The van der Waals surface area contributed by atoms with Crippen LogP contribution in [0.4, 0.5) is 4.39 Å². The molecule has 102 valence electrons. The first-order valence-electron chi connectivity index (χ1n) is 6.08. The van der Waals surface area contributed by atoms with Crippen LogP contribution in [0, 0.1) is 5.82 Å². The number of nitrogens with one attached hydrogen (secondary N) is 1. The van der Waals surface area contributed by atoms with Crippen molar-refractivity contribution in [2.75, 3.05) is 6.54 Å². The highest BCUT2D eigenvalue weighted by molar-refractivity contribution is 5.19. The van der Waals surface area contributed by atoms with E-state index in [9.17, 15) is 9.50 Å². The molecule has 0 saturated heterocycles. The summed E-state index contributed by atoms with van der Waals surface area (Å²) in [5, 5.41) is 20.9. The SMILES string of the molecule is CC(NCC(O)c1cccc(F)c1)c1nncn1C. The highest BCUT2D eigenvalue weighted by Gasteiger charge is 2.14. The Bertz CT molecular complexity index is 543. The van der Waals surface area contributed by atoms with E-state index < -0.39 is 6.10 Å². The standard InChI is InChI=1S/C13H17FN4O/c1-9(13-17-16-8-18(13)2)15-7-12(19)10-4-3-5-11(14)6-10/h3-6,8-9,12,15,19H,7H2,1-2H3. The summed E-state index contributed by atoms with van der Waals surface area (Å²) in [6.07, 6.45) is 0.864. The second kappa shape index (κ2) is 5.90. The fraction of sp³-hybridized carbons (Fsp3) is 0.385. The molecule has 2 aromatic rings. The fourth-order valence-corrected chi connectivity index (χ4v) is 1.90. The van der Waals surface area contributed by atoms with Crippen LogP contribution in [0.25, 0.3) is 0 Å². The minimum Gasteiger partial charge on any atom is -0.387 e. The lowest BCUT2D eigenvalue weighted by molar-refractivity contribution is 0.169. The first-order chi connectivity index (χ1) is 9.08. The molecule has 1 aromatic carbocycles. The number of halogens is 1. The lowest BCUT2D eigenvalue weighted by atomic mass is 10.1. The van der Waals surface area contributed by atoms with Gasteiger partial charge < -0.3 is 15.0 Å². The molecule has 0 spiro atoms. The minimum atomic E-state index is -0.758. The van der Waals surface area contributed by atoms with E-state index >= 15 is 0 Å². The highest BCUT2D eigenvalue weighted by atomic mass is 19.1. The smallest absolute Gasteiger partial charge is 0.149 e. The van der Waals surface area contributed by atoms with E-state index in [0.29, 0.717) is 12.1 Å². The van der Waals surface area contributed by atoms with Crippen LogP contribution < -0.4 is 5.32 Å². The number of benzene rings is 1. The molecule has 1 heterocycles. The number of aliphatic hydroxyl groups is 1. The van der Waals surface area contributed by atoms with Crippen molar-refractivity contribution in [2.45, 2.75) is 19.1 Å². The highest BCUT2D eigenvalue weighted by Crippen LogP contribution is 2.15. The topological polar surface area (TPSA) is 63.0 Å². The lowest BCUT2D eigenvalue weighted by Crippen LogP contribution is -2.26. The van der Waals surface area contributed by atoms with Gasteiger partial charge in [0.15, 0.2) is 0 Å². The molecule has 2 rings (SSSR count). The molecule has 5 nitrogen and oxygen atoms in total. The molecule has 0 saturated carbocycles. The van der Waals surface area contributed by atoms with Gasteiger partial charge in [-0.2, -0.15) is 0 Å². The average Bonchev–Trinajstić information content (AvgIpc) is 2.82. The first kappa shape index (κ1) is 13.6. The van der Waals surface area contributed by atoms with Gasteiger partial charge in [0, 0.05) is 13.6 Å². The summed E-state index contributed by atoms with van der Waals surface area (Å²) >= 11 is 0. The van der Waals surface area contributed by atoms with Crippen molar-refractivity contribution < 1.29 is 9.50 Å². The summed E-state index contributed by atoms with van der Waals surface area (Å²) in [4.78, 5) is 0. The van der Waals surface area contributed by atoms with E-state index in [2.05, 4.69) is 15.5 Å². The zero-order valence-corrected chi connectivity index (χ0v) is 10.9. The van der Waals surface area contributed by atoms with E-state index in [1.807, 2.05) is 18.5 Å². The molecule has 19 heavy (non-hydrogen) atoms. The van der Waals surface area contributed by atoms with Crippen LogP contribution in [-0.2, 0) is 7.05 Å². The number of hydrogen-bond acceptors (Lipinski definition) is 4. The molecule has 2 atom stereocenters. The quantitative estimate of drug-likeness (QED) is 0.855. The maximum Gasteiger partial charge on any atom is 0.149 e. The van der Waals surface area contributed by atoms with Crippen molar-refractivity contribution in [3.8, 4) is 0 Å². The third-order valence-corrected chi connectivity index (χ3v) is 2.98. The van der Waals surface area contributed by atoms with Gasteiger partial charge in [-0.1, -0.05) is 12.1 Å². The van der Waals surface area contributed by atoms with Crippen LogP contribution in [-0.4, -0.2) is 26.4 Å². The Balaban J connectivity index is 1.94. The van der Waals surface area contributed by atoms with Crippen molar-refractivity contribution in [2.24, 2.45) is 7.05 Å². The number of nitrogens with zero attached hydrogens (tertiary/aromatic N) is 3. The van der Waals surface area contributed by atoms with Crippen LogP contribution in [0.1, 0.15) is 30.5 Å². The van der Waals surface area contributed by atoms with Gasteiger partial charge in [0.1, 0.15) is 18.0 Å². The lowest BCUT2D eigenvalue weighted by Gasteiger charge is -2.16. The molecule has 0 aliphatic carbocycles. The zero-order valence-electron chi connectivity index (χ0n) is 10.9. The van der Waals surface area contributed by atoms with Gasteiger partial charge in [-0.05, 0) is 24.6 Å². The van der Waals surface area contributed by atoms with Gasteiger partial charge in [0.2, 0.25) is 0 Å². The predicted molar refractivity (Wildman–Crippen MR) is 68.8 cm³/mol. The Morgan fingerprint density at radius 3 is 2.89 bits per heavy atom. The fourth-order valence-electron chi connectivity index (χ4n) is 1.90. The van der Waals surface area contributed by atoms with Crippen molar-refractivity contribution in [3.63, 3.8) is 0 Å². The number of aryl methyl sites for hydroxylation is 1. The van der Waals surface area contributed by atoms with Crippen molar-refractivity contribution in [3.05, 3.63) is 47.8 Å². The summed E-state index contributed by atoms with van der Waals surface area (Å²) < 4.78 is 14.9. The van der Waals surface area contributed by atoms with Gasteiger partial charge in [-0.3, -0.25) is 0 Å². The number of aromatic nitrogens is 3. The second-order valence-corrected chi connectivity index (χ2v) is 4.50. The maximum atomic E-state index is 13.0. The van der Waals surface area contributed by atoms with E-state index in [0.717, 1.165) is 5.82 Å². The predicted octanol–water partition coefficient (Wildman–Crippen LogP) is 1.34. The third kappa shape index (κ3) is 3.36. The molecular weight excluding hydrogens is 247 g/mol. The largest absolute Gasteiger partial charge is 0.387 e. The van der Waals surface area contributed by atoms with Crippen molar-refractivity contribution in [1.82, 2.24) is 20.1 Å². The molecule has 0 aliphatic heterocycles. The summed E-state index contributed by atoms with van der Waals surface area (Å²) in [5.74, 6) is 0.435. The van der Waals surface area contributed by atoms with Gasteiger partial charge in [0.05, 0.1) is 12.1 Å². The molecule has 6 heteroatoms. The van der Waals surface area contributed by atoms with E-state index in [4.69, 9.17) is 0 Å². The maximum absolute atomic E-state index is 13.0. The zero-order chi connectivity index (χ0) is 13.8. The van der Waals surface area contributed by atoms with Crippen LogP contribution in [0.2, 0.25) is 0 Å². The van der Waals surface area contributed by atoms with Gasteiger partial charge in [0.25, 0.3) is 0 Å². The molecule has 2 N–H and O–H groups in total. The van der Waals surface area contributed by atoms with Crippen molar-refractivity contribution >= 4 is 0 Å². The summed E-state index contributed by atoms with van der Waals surface area (Å²) in [5.41, 5.74) is 0.553. The van der Waals surface area contributed by atoms with E-state index in [-0.39, 0.29) is 11.9 Å². The van der Waals surface area contributed by atoms with Gasteiger partial charge in [-0.15, -0.1) is 10.2 Å². The van der Waals surface area contributed by atoms with Crippen LogP contribution in [0.15, 0.2) is 30.6 Å². The first-order valence-corrected chi connectivity index (χ1v) is 6.08. The van der Waals surface area contributed by atoms with Crippen molar-refractivity contribution in [1.29, 1.82) is 0 Å². The Morgan fingerprint density at radius 2 is 2.26 bits per heavy atom. The summed E-state index contributed by atoms with van der Waals surface area (Å²) in [6, 6.07) is 5.92. The number of aliphatic hydroxyl groups excluding tert-OH is 1. The van der Waals surface area contributed by atoms with Crippen LogP contribution in [0.3, 0.4) is 0 Å². The average molecular weight is 264 g/mol. The van der Waals surface area contributed by atoms with Crippen LogP contribution >= 0.6 is 0 Å². The molecule has 0 radical (unpaired) electrons.